The minimum Gasteiger partial charge on any atom is -0.475 e. The van der Waals surface area contributed by atoms with E-state index >= 15 is 0 Å². The van der Waals surface area contributed by atoms with Crippen LogP contribution in [0.2, 0.25) is 0 Å². The second-order valence-corrected chi connectivity index (χ2v) is 8.85. The highest BCUT2D eigenvalue weighted by Gasteiger charge is 2.39. The predicted molar refractivity (Wildman–Crippen MR) is 129 cm³/mol. The highest BCUT2D eigenvalue weighted by molar-refractivity contribution is 5.73. The Bertz CT molecular complexity index is 1130. The Balaban J connectivity index is 0.000000363. The van der Waals surface area contributed by atoms with Crippen LogP contribution in [0.25, 0.3) is 0 Å². The van der Waals surface area contributed by atoms with E-state index in [0.717, 1.165) is 37.9 Å². The maximum atomic E-state index is 10.6. The van der Waals surface area contributed by atoms with E-state index in [9.17, 15) is 39.5 Å². The van der Waals surface area contributed by atoms with Gasteiger partial charge < -0.3 is 20.2 Å². The molecule has 1 fully saturated rings. The minimum absolute atomic E-state index is 0.907. The fourth-order valence-corrected chi connectivity index (χ4v) is 3.21. The van der Waals surface area contributed by atoms with Crippen LogP contribution in [0.3, 0.4) is 0 Å². The molecule has 2 aromatic rings. The van der Waals surface area contributed by atoms with Crippen molar-refractivity contribution in [3.05, 3.63) is 54.0 Å². The van der Waals surface area contributed by atoms with Gasteiger partial charge in [-0.1, -0.05) is 6.07 Å². The van der Waals surface area contributed by atoms with Crippen molar-refractivity contribution in [1.29, 1.82) is 0 Å². The quantitative estimate of drug-likeness (QED) is 0.407. The lowest BCUT2D eigenvalue weighted by molar-refractivity contribution is -0.193. The van der Waals surface area contributed by atoms with Crippen LogP contribution >= 0.6 is 0 Å². The van der Waals surface area contributed by atoms with Crippen LogP contribution in [-0.2, 0) is 27.5 Å². The van der Waals surface area contributed by atoms with E-state index in [2.05, 4.69) is 44.0 Å². The van der Waals surface area contributed by atoms with E-state index in [-0.39, 0.29) is 0 Å². The van der Waals surface area contributed by atoms with Gasteiger partial charge in [0.15, 0.2) is 0 Å². The molecular formula is C24H25F9N4O6. The molecule has 1 saturated carbocycles. The number of anilines is 1. The van der Waals surface area contributed by atoms with Crippen LogP contribution in [0.1, 0.15) is 24.0 Å². The van der Waals surface area contributed by atoms with E-state index < -0.39 is 36.4 Å². The number of hydrogen-bond donors (Lipinski definition) is 3. The van der Waals surface area contributed by atoms with Gasteiger partial charge in [-0.2, -0.15) is 39.5 Å². The van der Waals surface area contributed by atoms with Gasteiger partial charge in [0.25, 0.3) is 0 Å². The van der Waals surface area contributed by atoms with Gasteiger partial charge in [0.05, 0.1) is 0 Å². The molecule has 0 saturated heterocycles. The number of pyridine rings is 2. The van der Waals surface area contributed by atoms with Gasteiger partial charge in [-0.05, 0) is 42.5 Å². The number of nitrogens with zero attached hydrogens (tertiary/aromatic N) is 4. The molecule has 0 radical (unpaired) electrons. The second kappa shape index (κ2) is 15.9. The second-order valence-electron chi connectivity index (χ2n) is 8.85. The van der Waals surface area contributed by atoms with Crippen molar-refractivity contribution in [3.8, 4) is 0 Å². The average Bonchev–Trinajstić information content (AvgIpc) is 3.72. The first-order valence-electron chi connectivity index (χ1n) is 11.9. The van der Waals surface area contributed by atoms with Gasteiger partial charge in [0.1, 0.15) is 5.82 Å². The molecule has 0 amide bonds. The smallest absolute Gasteiger partial charge is 0.475 e. The molecule has 19 heteroatoms. The number of rotatable bonds is 4. The number of carboxylic acid groups (broad SMARTS) is 3. The lowest BCUT2D eigenvalue weighted by Gasteiger charge is -2.24. The summed E-state index contributed by atoms with van der Waals surface area (Å²) in [7, 11) is 0. The molecule has 2 aliphatic rings. The summed E-state index contributed by atoms with van der Waals surface area (Å²) in [6.07, 6.45) is -6.78. The zero-order valence-corrected chi connectivity index (χ0v) is 21.8. The fraction of sp³-hybridized carbons (Fsp3) is 0.458. The van der Waals surface area contributed by atoms with Gasteiger partial charge in [0, 0.05) is 56.9 Å². The maximum absolute atomic E-state index is 10.6. The first kappa shape index (κ1) is 36.9. The molecule has 2 aromatic heterocycles. The number of halogens is 9. The van der Waals surface area contributed by atoms with Gasteiger partial charge in [0.2, 0.25) is 0 Å². The van der Waals surface area contributed by atoms with Crippen molar-refractivity contribution in [3.63, 3.8) is 0 Å². The lowest BCUT2D eigenvalue weighted by Crippen LogP contribution is -2.32. The summed E-state index contributed by atoms with van der Waals surface area (Å²) in [5.41, 5.74) is 2.65. The Morgan fingerprint density at radius 3 is 1.65 bits per heavy atom. The average molecular weight is 636 g/mol. The summed E-state index contributed by atoms with van der Waals surface area (Å²) in [4.78, 5) is 40.5. The molecule has 43 heavy (non-hydrogen) atoms. The van der Waals surface area contributed by atoms with E-state index in [4.69, 9.17) is 29.7 Å². The zero-order valence-electron chi connectivity index (χ0n) is 21.8. The van der Waals surface area contributed by atoms with E-state index in [1.54, 1.807) is 0 Å². The third-order valence-corrected chi connectivity index (χ3v) is 5.31. The summed E-state index contributed by atoms with van der Waals surface area (Å²) in [5.74, 6) is -6.18. The standard InChI is InChI=1S/C18H22N4.3C2HF3O2/c1-2-17-14-21(12-15-3-4-15)10-11-22(18(17)20-7-1)13-16-5-8-19-9-6-16;3*3-2(4,5)1(6)7/h1-2,5-9,15H,3-4,10-14H2;3*(H,6,7). The van der Waals surface area contributed by atoms with Crippen LogP contribution in [0.15, 0.2) is 42.9 Å². The van der Waals surface area contributed by atoms with Crippen molar-refractivity contribution in [2.45, 2.75) is 44.5 Å². The Labute approximate surface area is 237 Å². The largest absolute Gasteiger partial charge is 0.490 e. The molecule has 0 aromatic carbocycles. The maximum Gasteiger partial charge on any atom is 0.490 e. The van der Waals surface area contributed by atoms with E-state index in [0.29, 0.717) is 0 Å². The molecule has 240 valence electrons. The van der Waals surface area contributed by atoms with Crippen LogP contribution in [-0.4, -0.2) is 86.3 Å². The Hall–Kier alpha value is -4.16. The Morgan fingerprint density at radius 1 is 0.767 bits per heavy atom. The van der Waals surface area contributed by atoms with Gasteiger partial charge in [-0.3, -0.25) is 9.88 Å². The highest BCUT2D eigenvalue weighted by Crippen LogP contribution is 2.32. The first-order chi connectivity index (χ1) is 19.7. The highest BCUT2D eigenvalue weighted by atomic mass is 19.4. The Kier molecular flexibility index (Phi) is 13.6. The molecule has 1 aliphatic heterocycles. The van der Waals surface area contributed by atoms with Crippen LogP contribution in [0, 0.1) is 5.92 Å². The first-order valence-corrected chi connectivity index (χ1v) is 11.9. The van der Waals surface area contributed by atoms with Crippen LogP contribution in [0.4, 0.5) is 45.3 Å². The van der Waals surface area contributed by atoms with Gasteiger partial charge >= 0.3 is 36.4 Å². The fourth-order valence-electron chi connectivity index (χ4n) is 3.21. The minimum atomic E-state index is -5.08. The van der Waals surface area contributed by atoms with Crippen molar-refractivity contribution in [1.82, 2.24) is 14.9 Å². The number of fused-ring (bicyclic) bond motifs is 1. The third kappa shape index (κ3) is 15.0. The molecular weight excluding hydrogens is 611 g/mol. The number of aliphatic carboxylic acids is 3. The van der Waals surface area contributed by atoms with E-state index in [1.165, 1.54) is 30.5 Å². The number of hydrogen-bond acceptors (Lipinski definition) is 7. The number of alkyl halides is 9. The molecule has 1 aliphatic carbocycles. The third-order valence-electron chi connectivity index (χ3n) is 5.31. The monoisotopic (exact) mass is 636 g/mol. The summed E-state index contributed by atoms with van der Waals surface area (Å²) in [6.45, 7) is 5.35. The van der Waals surface area contributed by atoms with E-state index in [1.807, 2.05) is 18.6 Å². The zero-order chi connectivity index (χ0) is 33.0. The topological polar surface area (TPSA) is 144 Å². The molecule has 3 heterocycles. The molecule has 0 bridgehead atoms. The molecule has 0 spiro atoms. The molecule has 10 nitrogen and oxygen atoms in total. The van der Waals surface area contributed by atoms with Crippen molar-refractivity contribution in [2.24, 2.45) is 5.92 Å². The Morgan fingerprint density at radius 2 is 1.23 bits per heavy atom. The predicted octanol–water partition coefficient (Wildman–Crippen LogP) is 4.61. The summed E-state index contributed by atoms with van der Waals surface area (Å²) < 4.78 is 95.2. The summed E-state index contributed by atoms with van der Waals surface area (Å²) in [5, 5.41) is 21.4. The number of carbonyl (C=O) groups is 3. The summed E-state index contributed by atoms with van der Waals surface area (Å²) in [6, 6.07) is 8.47. The number of carboxylic acids is 3. The molecule has 0 unspecified atom stereocenters. The van der Waals surface area contributed by atoms with Gasteiger partial charge in [-0.25, -0.2) is 19.4 Å². The lowest BCUT2D eigenvalue weighted by atomic mass is 10.2. The summed E-state index contributed by atoms with van der Waals surface area (Å²) >= 11 is 0. The van der Waals surface area contributed by atoms with Crippen molar-refractivity contribution < 1.29 is 69.2 Å². The van der Waals surface area contributed by atoms with Crippen molar-refractivity contribution in [2.75, 3.05) is 24.5 Å². The van der Waals surface area contributed by atoms with Crippen LogP contribution in [0.5, 0.6) is 0 Å². The molecule has 0 atom stereocenters. The van der Waals surface area contributed by atoms with Crippen LogP contribution < -0.4 is 4.90 Å². The van der Waals surface area contributed by atoms with Gasteiger partial charge in [-0.15, -0.1) is 0 Å². The number of aromatic nitrogens is 2. The SMILES string of the molecule is O=C(O)C(F)(F)F.O=C(O)C(F)(F)F.O=C(O)C(F)(F)F.c1cnc2c(c1)CN(CC1CC1)CCN2Cc1ccncc1. The normalized spacial score (nSPS) is 15.1. The van der Waals surface area contributed by atoms with Crippen molar-refractivity contribution >= 4 is 23.7 Å². The molecule has 3 N–H and O–H groups in total. The molecule has 4 rings (SSSR count).